The van der Waals surface area contributed by atoms with Gasteiger partial charge in [0.25, 0.3) is 0 Å². The smallest absolute Gasteiger partial charge is 0.242 e. The fraction of sp³-hybridized carbons (Fsp3) is 0.667. The lowest BCUT2D eigenvalue weighted by Crippen LogP contribution is -2.61. The van der Waals surface area contributed by atoms with E-state index in [4.69, 9.17) is 18.0 Å². The van der Waals surface area contributed by atoms with Gasteiger partial charge in [-0.15, -0.1) is 0 Å². The lowest BCUT2D eigenvalue weighted by Gasteiger charge is -2.47. The molecule has 5 nitrogen and oxygen atoms in total. The summed E-state index contributed by atoms with van der Waals surface area (Å²) in [6, 6.07) is 2.04. The second kappa shape index (κ2) is 4.65. The Morgan fingerprint density at radius 1 is 1.44 bits per heavy atom. The van der Waals surface area contributed by atoms with E-state index in [1.807, 2.05) is 6.07 Å². The number of nitrogens with two attached hydrogens (primary N) is 1. The van der Waals surface area contributed by atoms with Crippen LogP contribution >= 0.6 is 12.2 Å². The molecule has 2 amide bonds. The van der Waals surface area contributed by atoms with Gasteiger partial charge in [-0.25, -0.2) is 0 Å². The molecule has 96 valence electrons. The average Bonchev–Trinajstić information content (AvgIpc) is 2.29. The van der Waals surface area contributed by atoms with Crippen LogP contribution in [0, 0.1) is 28.6 Å². The quantitative estimate of drug-likeness (QED) is 0.680. The van der Waals surface area contributed by atoms with Gasteiger partial charge in [0.05, 0.1) is 17.0 Å². The molecule has 0 aromatic heterocycles. The van der Waals surface area contributed by atoms with Gasteiger partial charge < -0.3 is 11.1 Å². The molecule has 0 unspecified atom stereocenters. The van der Waals surface area contributed by atoms with Crippen molar-refractivity contribution in [2.24, 2.45) is 23.0 Å². The van der Waals surface area contributed by atoms with Crippen LogP contribution in [-0.4, -0.2) is 16.8 Å². The minimum Gasteiger partial charge on any atom is -0.369 e. The molecule has 0 aromatic carbocycles. The molecule has 1 aliphatic carbocycles. The molecule has 2 rings (SSSR count). The first-order chi connectivity index (χ1) is 8.53. The van der Waals surface area contributed by atoms with Crippen molar-refractivity contribution in [2.75, 3.05) is 0 Å². The van der Waals surface area contributed by atoms with Crippen molar-refractivity contribution in [3.63, 3.8) is 0 Å². The van der Waals surface area contributed by atoms with Gasteiger partial charge in [0, 0.05) is 5.41 Å². The summed E-state index contributed by atoms with van der Waals surface area (Å²) in [5, 5.41) is 11.7. The van der Waals surface area contributed by atoms with Crippen LogP contribution in [0.25, 0.3) is 0 Å². The maximum atomic E-state index is 11.9. The Kier molecular flexibility index (Phi) is 3.35. The zero-order chi connectivity index (χ0) is 13.3. The van der Waals surface area contributed by atoms with E-state index in [-0.39, 0.29) is 10.9 Å². The molecule has 2 aliphatic rings. The number of nitriles is 1. The monoisotopic (exact) mass is 265 g/mol. The van der Waals surface area contributed by atoms with Crippen LogP contribution in [0.2, 0.25) is 0 Å². The Labute approximate surface area is 111 Å². The third kappa shape index (κ3) is 1.79. The first-order valence-corrected chi connectivity index (χ1v) is 6.47. The molecular weight excluding hydrogens is 250 g/mol. The van der Waals surface area contributed by atoms with Crippen molar-refractivity contribution in [3.8, 4) is 6.07 Å². The van der Waals surface area contributed by atoms with Gasteiger partial charge in [0.15, 0.2) is 0 Å². The molecule has 1 aliphatic heterocycles. The second-order valence-corrected chi connectivity index (χ2v) is 5.48. The van der Waals surface area contributed by atoms with Crippen LogP contribution in [0.1, 0.15) is 32.1 Å². The molecule has 1 spiro atoms. The van der Waals surface area contributed by atoms with Gasteiger partial charge in [0.2, 0.25) is 11.8 Å². The number of nitrogens with zero attached hydrogens (tertiary/aromatic N) is 1. The second-order valence-electron chi connectivity index (χ2n) is 5.04. The summed E-state index contributed by atoms with van der Waals surface area (Å²) < 4.78 is 0. The Hall–Kier alpha value is -1.48. The zero-order valence-electron chi connectivity index (χ0n) is 9.94. The lowest BCUT2D eigenvalue weighted by atomic mass is 9.57. The van der Waals surface area contributed by atoms with Crippen molar-refractivity contribution < 1.29 is 9.59 Å². The highest BCUT2D eigenvalue weighted by atomic mass is 32.1. The lowest BCUT2D eigenvalue weighted by molar-refractivity contribution is -0.134. The number of rotatable bonds is 1. The normalized spacial score (nSPS) is 30.6. The Balaban J connectivity index is 2.49. The largest absolute Gasteiger partial charge is 0.369 e. The van der Waals surface area contributed by atoms with Gasteiger partial charge in [-0.1, -0.05) is 31.5 Å². The van der Waals surface area contributed by atoms with E-state index in [1.54, 1.807) is 0 Å². The minimum atomic E-state index is -0.831. The predicted octanol–water partition coefficient (Wildman–Crippen LogP) is 0.635. The highest BCUT2D eigenvalue weighted by Crippen LogP contribution is 2.50. The third-order valence-electron chi connectivity index (χ3n) is 4.12. The topological polar surface area (TPSA) is 96.0 Å². The number of carbonyl (C=O) groups is 2. The molecule has 18 heavy (non-hydrogen) atoms. The van der Waals surface area contributed by atoms with E-state index >= 15 is 0 Å². The van der Waals surface area contributed by atoms with E-state index in [0.717, 1.165) is 19.3 Å². The van der Waals surface area contributed by atoms with Crippen LogP contribution in [0.5, 0.6) is 0 Å². The molecule has 0 aromatic rings. The standard InChI is InChI=1S/C12H15N3O2S/c13-6-7-10(17)15-11(18)8(9(14)16)12(7)4-2-1-3-5-12/h7-8H,1-5H2,(H2,14,16)(H,15,17,18)/t7-,8-/m0/s1. The summed E-state index contributed by atoms with van der Waals surface area (Å²) >= 11 is 5.09. The van der Waals surface area contributed by atoms with Crippen molar-refractivity contribution in [1.29, 1.82) is 5.26 Å². The van der Waals surface area contributed by atoms with Gasteiger partial charge in [0.1, 0.15) is 5.92 Å². The molecular formula is C12H15N3O2S. The van der Waals surface area contributed by atoms with Gasteiger partial charge in [-0.05, 0) is 12.8 Å². The summed E-state index contributed by atoms with van der Waals surface area (Å²) in [7, 11) is 0. The number of hydrogen-bond donors (Lipinski definition) is 2. The number of hydrogen-bond acceptors (Lipinski definition) is 4. The van der Waals surface area contributed by atoms with Gasteiger partial charge in [-0.3, -0.25) is 9.59 Å². The van der Waals surface area contributed by atoms with E-state index < -0.39 is 23.2 Å². The number of amides is 2. The molecule has 1 saturated heterocycles. The molecule has 0 bridgehead atoms. The molecule has 2 atom stereocenters. The van der Waals surface area contributed by atoms with Crippen LogP contribution in [-0.2, 0) is 9.59 Å². The molecule has 0 radical (unpaired) electrons. The van der Waals surface area contributed by atoms with Crippen LogP contribution in [0.3, 0.4) is 0 Å². The highest BCUT2D eigenvalue weighted by molar-refractivity contribution is 7.80. The summed E-state index contributed by atoms with van der Waals surface area (Å²) in [6.45, 7) is 0. The predicted molar refractivity (Wildman–Crippen MR) is 68.0 cm³/mol. The Morgan fingerprint density at radius 3 is 2.56 bits per heavy atom. The highest BCUT2D eigenvalue weighted by Gasteiger charge is 2.56. The summed E-state index contributed by atoms with van der Waals surface area (Å²) in [4.78, 5) is 23.8. The molecule has 2 fully saturated rings. The molecule has 1 heterocycles. The number of piperidine rings is 1. The van der Waals surface area contributed by atoms with E-state index in [0.29, 0.717) is 12.8 Å². The Bertz CT molecular complexity index is 449. The fourth-order valence-electron chi connectivity index (χ4n) is 3.34. The third-order valence-corrected chi connectivity index (χ3v) is 4.46. The minimum absolute atomic E-state index is 0.181. The summed E-state index contributed by atoms with van der Waals surface area (Å²) in [5.74, 6) is -2.46. The van der Waals surface area contributed by atoms with E-state index in [9.17, 15) is 14.9 Å². The van der Waals surface area contributed by atoms with E-state index in [1.165, 1.54) is 0 Å². The first kappa shape index (κ1) is 13.0. The van der Waals surface area contributed by atoms with Crippen LogP contribution in [0.15, 0.2) is 0 Å². The van der Waals surface area contributed by atoms with Crippen molar-refractivity contribution in [3.05, 3.63) is 0 Å². The van der Waals surface area contributed by atoms with Crippen LogP contribution < -0.4 is 11.1 Å². The maximum absolute atomic E-state index is 11.9. The van der Waals surface area contributed by atoms with Crippen molar-refractivity contribution in [2.45, 2.75) is 32.1 Å². The SMILES string of the molecule is N#C[C@H]1C(=O)NC(=S)[C@H](C(N)=O)C12CCCCC2. The molecule has 3 N–H and O–H groups in total. The maximum Gasteiger partial charge on any atom is 0.242 e. The number of nitrogens with one attached hydrogen (secondary N) is 1. The van der Waals surface area contributed by atoms with Crippen molar-refractivity contribution in [1.82, 2.24) is 5.32 Å². The molecule has 1 saturated carbocycles. The Morgan fingerprint density at radius 2 is 2.06 bits per heavy atom. The molecule has 6 heteroatoms. The van der Waals surface area contributed by atoms with Crippen LogP contribution in [0.4, 0.5) is 0 Å². The van der Waals surface area contributed by atoms with Crippen molar-refractivity contribution >= 4 is 29.0 Å². The summed E-state index contributed by atoms with van der Waals surface area (Å²) in [5.41, 5.74) is 4.76. The number of primary amides is 1. The number of carbonyl (C=O) groups excluding carboxylic acids is 2. The number of thiocarbonyl (C=S) groups is 1. The average molecular weight is 265 g/mol. The first-order valence-electron chi connectivity index (χ1n) is 6.06. The zero-order valence-corrected chi connectivity index (χ0v) is 10.8. The van der Waals surface area contributed by atoms with Gasteiger partial charge in [-0.2, -0.15) is 5.26 Å². The van der Waals surface area contributed by atoms with E-state index in [2.05, 4.69) is 5.32 Å². The summed E-state index contributed by atoms with van der Waals surface area (Å²) in [6.07, 6.45) is 4.17. The van der Waals surface area contributed by atoms with Gasteiger partial charge >= 0.3 is 0 Å². The fourth-order valence-corrected chi connectivity index (χ4v) is 3.79.